The van der Waals surface area contributed by atoms with Gasteiger partial charge in [-0.05, 0) is 48.7 Å². The summed E-state index contributed by atoms with van der Waals surface area (Å²) < 4.78 is 36.7. The number of piperidine rings is 1. The molecule has 1 saturated heterocycles. The van der Waals surface area contributed by atoms with Crippen LogP contribution in [0, 0.1) is 17.2 Å². The molecule has 1 aromatic rings. The lowest BCUT2D eigenvalue weighted by Gasteiger charge is -2.29. The monoisotopic (exact) mass is 444 g/mol. The highest BCUT2D eigenvalue weighted by Gasteiger charge is 2.32. The zero-order valence-electron chi connectivity index (χ0n) is 14.7. The number of nitriles is 1. The van der Waals surface area contributed by atoms with Crippen molar-refractivity contribution in [3.05, 3.63) is 22.2 Å². The maximum Gasteiger partial charge on any atom is 0.314 e. The van der Waals surface area contributed by atoms with E-state index in [2.05, 4.69) is 15.9 Å². The smallest absolute Gasteiger partial charge is 0.314 e. The van der Waals surface area contributed by atoms with Crippen molar-refractivity contribution in [3.63, 3.8) is 0 Å². The van der Waals surface area contributed by atoms with E-state index >= 15 is 0 Å². The Morgan fingerprint density at radius 1 is 1.35 bits per heavy atom. The van der Waals surface area contributed by atoms with E-state index in [0.717, 1.165) is 0 Å². The Bertz CT molecular complexity index is 811. The molecule has 9 heteroatoms. The Hall–Kier alpha value is -1.63. The van der Waals surface area contributed by atoms with E-state index in [1.54, 1.807) is 19.9 Å². The number of sulfonamides is 1. The third kappa shape index (κ3) is 4.75. The van der Waals surface area contributed by atoms with Crippen molar-refractivity contribution in [2.24, 2.45) is 5.92 Å². The molecule has 2 rings (SSSR count). The first-order valence-electron chi connectivity index (χ1n) is 8.38. The van der Waals surface area contributed by atoms with Crippen LogP contribution in [0.25, 0.3) is 0 Å². The van der Waals surface area contributed by atoms with Crippen LogP contribution in [0.3, 0.4) is 0 Å². The maximum absolute atomic E-state index is 12.5. The van der Waals surface area contributed by atoms with Crippen LogP contribution >= 0.6 is 15.9 Å². The molecule has 7 nitrogen and oxygen atoms in total. The molecule has 0 N–H and O–H groups in total. The molecular formula is C17H21BrN2O5S. The lowest BCUT2D eigenvalue weighted by molar-refractivity contribution is -0.140. The van der Waals surface area contributed by atoms with Crippen LogP contribution < -0.4 is 9.47 Å². The predicted molar refractivity (Wildman–Crippen MR) is 99.4 cm³/mol. The van der Waals surface area contributed by atoms with Gasteiger partial charge < -0.3 is 9.47 Å². The minimum Gasteiger partial charge on any atom is -0.490 e. The Kier molecular flexibility index (Phi) is 7.03. The molecule has 0 atom stereocenters. The van der Waals surface area contributed by atoms with E-state index in [9.17, 15) is 13.2 Å². The molecule has 0 spiro atoms. The van der Waals surface area contributed by atoms with Crippen LogP contribution in [0.5, 0.6) is 11.5 Å². The molecule has 26 heavy (non-hydrogen) atoms. The minimum atomic E-state index is -3.23. The van der Waals surface area contributed by atoms with Gasteiger partial charge in [-0.3, -0.25) is 4.79 Å². The van der Waals surface area contributed by atoms with Gasteiger partial charge in [0.15, 0.2) is 11.5 Å². The van der Waals surface area contributed by atoms with Crippen molar-refractivity contribution in [2.75, 3.05) is 25.4 Å². The largest absolute Gasteiger partial charge is 0.490 e. The number of ether oxygens (including phenoxy) is 2. The van der Waals surface area contributed by atoms with Crippen molar-refractivity contribution in [1.29, 1.82) is 5.26 Å². The lowest BCUT2D eigenvalue weighted by Crippen LogP contribution is -2.41. The molecule has 0 saturated carbocycles. The van der Waals surface area contributed by atoms with Gasteiger partial charge in [-0.2, -0.15) is 5.26 Å². The fourth-order valence-corrected chi connectivity index (χ4v) is 4.39. The summed E-state index contributed by atoms with van der Waals surface area (Å²) in [6.07, 6.45) is 0.825. The van der Waals surface area contributed by atoms with E-state index in [1.807, 2.05) is 6.07 Å². The highest BCUT2D eigenvalue weighted by atomic mass is 79.9. The number of benzene rings is 1. The molecule has 0 amide bonds. The van der Waals surface area contributed by atoms with Crippen molar-refractivity contribution >= 4 is 31.9 Å². The first-order valence-corrected chi connectivity index (χ1v) is 10.8. The van der Waals surface area contributed by atoms with Crippen LogP contribution in [-0.4, -0.2) is 44.1 Å². The van der Waals surface area contributed by atoms with Gasteiger partial charge in [0, 0.05) is 19.2 Å². The highest BCUT2D eigenvalue weighted by molar-refractivity contribution is 9.10. The number of hydrogen-bond donors (Lipinski definition) is 0. The fourth-order valence-electron chi connectivity index (χ4n) is 2.73. The molecule has 0 unspecified atom stereocenters. The fraction of sp³-hybridized carbons (Fsp3) is 0.529. The molecule has 1 aromatic carbocycles. The second-order valence-corrected chi connectivity index (χ2v) is 8.94. The molecule has 142 valence electrons. The van der Waals surface area contributed by atoms with Crippen molar-refractivity contribution in [3.8, 4) is 17.6 Å². The predicted octanol–water partition coefficient (Wildman–Crippen LogP) is 2.69. The highest BCUT2D eigenvalue weighted by Crippen LogP contribution is 2.37. The van der Waals surface area contributed by atoms with Crippen LogP contribution in [0.15, 0.2) is 16.6 Å². The Morgan fingerprint density at radius 3 is 2.54 bits per heavy atom. The summed E-state index contributed by atoms with van der Waals surface area (Å²) in [5.41, 5.74) is 0.387. The number of nitrogens with zero attached hydrogens (tertiary/aromatic N) is 2. The molecular weight excluding hydrogens is 424 g/mol. The first kappa shape index (κ1) is 20.7. The zero-order valence-corrected chi connectivity index (χ0v) is 17.1. The van der Waals surface area contributed by atoms with E-state index in [-0.39, 0.29) is 17.4 Å². The summed E-state index contributed by atoms with van der Waals surface area (Å²) in [4.78, 5) is 12.5. The standard InChI is InChI=1S/C17H21BrN2O5S/c1-3-24-15-10-12(11-19)9-14(18)16(15)25-17(21)13-5-7-20(8-6-13)26(22,23)4-2/h9-10,13H,3-8H2,1-2H3. The number of esters is 1. The van der Waals surface area contributed by atoms with Crippen LogP contribution in [0.4, 0.5) is 0 Å². The van der Waals surface area contributed by atoms with Crippen molar-refractivity contribution in [2.45, 2.75) is 26.7 Å². The zero-order chi connectivity index (χ0) is 19.3. The molecule has 1 fully saturated rings. The van der Waals surface area contributed by atoms with Gasteiger partial charge in [0.2, 0.25) is 10.0 Å². The second-order valence-electron chi connectivity index (χ2n) is 5.83. The average molecular weight is 445 g/mol. The molecule has 1 aliphatic rings. The summed E-state index contributed by atoms with van der Waals surface area (Å²) in [6.45, 7) is 4.38. The van der Waals surface area contributed by atoms with Gasteiger partial charge in [0.1, 0.15) is 0 Å². The topological polar surface area (TPSA) is 96.7 Å². The third-order valence-electron chi connectivity index (χ3n) is 4.19. The summed E-state index contributed by atoms with van der Waals surface area (Å²) in [5.74, 6) is -0.199. The van der Waals surface area contributed by atoms with E-state index in [1.165, 1.54) is 10.4 Å². The van der Waals surface area contributed by atoms with Crippen LogP contribution in [-0.2, 0) is 14.8 Å². The van der Waals surface area contributed by atoms with E-state index in [0.29, 0.717) is 48.3 Å². The van der Waals surface area contributed by atoms with E-state index in [4.69, 9.17) is 14.7 Å². The summed E-state index contributed by atoms with van der Waals surface area (Å²) in [6, 6.07) is 5.10. The van der Waals surface area contributed by atoms with Crippen LogP contribution in [0.1, 0.15) is 32.3 Å². The van der Waals surface area contributed by atoms with Gasteiger partial charge in [-0.25, -0.2) is 12.7 Å². The number of halogens is 1. The normalized spacial score (nSPS) is 16.1. The quantitative estimate of drug-likeness (QED) is 0.494. The maximum atomic E-state index is 12.5. The SMILES string of the molecule is CCOc1cc(C#N)cc(Br)c1OC(=O)C1CCN(S(=O)(=O)CC)CC1. The van der Waals surface area contributed by atoms with Gasteiger partial charge >= 0.3 is 5.97 Å². The Morgan fingerprint density at radius 2 is 2.00 bits per heavy atom. The molecule has 0 radical (unpaired) electrons. The molecule has 1 aliphatic heterocycles. The number of rotatable bonds is 6. The summed E-state index contributed by atoms with van der Waals surface area (Å²) in [7, 11) is -3.23. The number of carbonyl (C=O) groups is 1. The lowest BCUT2D eigenvalue weighted by atomic mass is 9.98. The molecule has 0 aliphatic carbocycles. The molecule has 1 heterocycles. The van der Waals surface area contributed by atoms with Crippen molar-refractivity contribution < 1.29 is 22.7 Å². The number of carbonyl (C=O) groups excluding carboxylic acids is 1. The van der Waals surface area contributed by atoms with Gasteiger partial charge in [0.25, 0.3) is 0 Å². The Balaban J connectivity index is 2.10. The van der Waals surface area contributed by atoms with E-state index < -0.39 is 16.0 Å². The summed E-state index contributed by atoms with van der Waals surface area (Å²) in [5, 5.41) is 9.05. The average Bonchev–Trinajstić information content (AvgIpc) is 2.64. The van der Waals surface area contributed by atoms with Crippen LogP contribution in [0.2, 0.25) is 0 Å². The van der Waals surface area contributed by atoms with Gasteiger partial charge in [-0.1, -0.05) is 0 Å². The van der Waals surface area contributed by atoms with Crippen molar-refractivity contribution in [1.82, 2.24) is 4.31 Å². The first-order chi connectivity index (χ1) is 12.3. The third-order valence-corrected chi connectivity index (χ3v) is 6.66. The minimum absolute atomic E-state index is 0.0536. The Labute approximate surface area is 162 Å². The molecule has 0 aromatic heterocycles. The molecule has 0 bridgehead atoms. The second kappa shape index (κ2) is 8.84. The number of hydrogen-bond acceptors (Lipinski definition) is 6. The van der Waals surface area contributed by atoms with Gasteiger partial charge in [0.05, 0.1) is 34.4 Å². The summed E-state index contributed by atoms with van der Waals surface area (Å²) >= 11 is 3.31. The van der Waals surface area contributed by atoms with Gasteiger partial charge in [-0.15, -0.1) is 0 Å².